The van der Waals surface area contributed by atoms with Crippen LogP contribution in [0.3, 0.4) is 0 Å². The van der Waals surface area contributed by atoms with Gasteiger partial charge in [-0.3, -0.25) is 14.6 Å². The Kier molecular flexibility index (Phi) is 6.42. The number of piperidine rings is 1. The summed E-state index contributed by atoms with van der Waals surface area (Å²) in [4.78, 5) is 33.6. The van der Waals surface area contributed by atoms with Gasteiger partial charge in [0.1, 0.15) is 0 Å². The van der Waals surface area contributed by atoms with Crippen LogP contribution >= 0.6 is 0 Å². The highest BCUT2D eigenvalue weighted by atomic mass is 19.4. The van der Waals surface area contributed by atoms with E-state index >= 15 is 0 Å². The highest BCUT2D eigenvalue weighted by Crippen LogP contribution is 2.35. The van der Waals surface area contributed by atoms with Crippen LogP contribution in [0.1, 0.15) is 65.0 Å². The minimum atomic E-state index is -4.88. The first-order chi connectivity index (χ1) is 16.0. The van der Waals surface area contributed by atoms with Crippen LogP contribution in [0.25, 0.3) is 0 Å². The maximum Gasteiger partial charge on any atom is 0.417 e. The third-order valence-electron chi connectivity index (χ3n) is 6.76. The number of halogens is 3. The van der Waals surface area contributed by atoms with Crippen molar-refractivity contribution in [3.05, 3.63) is 64.5 Å². The normalized spacial score (nSPS) is 18.5. The molecule has 34 heavy (non-hydrogen) atoms. The van der Waals surface area contributed by atoms with E-state index in [1.807, 2.05) is 31.2 Å². The number of aromatic nitrogens is 1. The Labute approximate surface area is 196 Å². The lowest BCUT2D eigenvalue weighted by Crippen LogP contribution is -2.48. The molecule has 0 saturated carbocycles. The molecular formula is C25H28F3N3O3. The second kappa shape index (κ2) is 9.02. The maximum absolute atomic E-state index is 13.4. The number of hydrogen-bond donors (Lipinski definition) is 1. The molecule has 2 amide bonds. The molecule has 0 bridgehead atoms. The summed E-state index contributed by atoms with van der Waals surface area (Å²) in [5.41, 5.74) is 1.17. The summed E-state index contributed by atoms with van der Waals surface area (Å²) in [6.45, 7) is 4.03. The number of alkyl halides is 3. The molecule has 0 radical (unpaired) electrons. The minimum absolute atomic E-state index is 0.0870. The number of nitrogens with zero attached hydrogens (tertiary/aromatic N) is 3. The highest BCUT2D eigenvalue weighted by Gasteiger charge is 2.51. The lowest BCUT2D eigenvalue weighted by atomic mass is 9.89. The van der Waals surface area contributed by atoms with E-state index in [4.69, 9.17) is 0 Å². The van der Waals surface area contributed by atoms with Crippen molar-refractivity contribution in [2.24, 2.45) is 0 Å². The van der Waals surface area contributed by atoms with Gasteiger partial charge in [-0.25, -0.2) is 0 Å². The summed E-state index contributed by atoms with van der Waals surface area (Å²) in [7, 11) is 0. The first kappa shape index (κ1) is 24.2. The molecule has 1 fully saturated rings. The third kappa shape index (κ3) is 4.80. The molecule has 1 atom stereocenters. The van der Waals surface area contributed by atoms with Crippen molar-refractivity contribution in [1.82, 2.24) is 14.8 Å². The van der Waals surface area contributed by atoms with Crippen molar-refractivity contribution >= 4 is 11.8 Å². The number of amides is 2. The van der Waals surface area contributed by atoms with Gasteiger partial charge < -0.3 is 14.9 Å². The van der Waals surface area contributed by atoms with Crippen molar-refractivity contribution < 1.29 is 27.9 Å². The summed E-state index contributed by atoms with van der Waals surface area (Å²) < 4.78 is 38.9. The van der Waals surface area contributed by atoms with Crippen LogP contribution in [-0.2, 0) is 17.9 Å². The number of hydrogen-bond acceptors (Lipinski definition) is 4. The molecule has 4 rings (SSSR count). The molecule has 1 N–H and O–H groups in total. The van der Waals surface area contributed by atoms with Crippen LogP contribution in [0.4, 0.5) is 13.2 Å². The molecule has 2 aromatic rings. The van der Waals surface area contributed by atoms with Crippen LogP contribution in [-0.4, -0.2) is 56.6 Å². The Bertz CT molecular complexity index is 1070. The minimum Gasteiger partial charge on any atom is -0.380 e. The number of carbonyl (C=O) groups excluding carboxylic acids is 2. The van der Waals surface area contributed by atoms with Crippen molar-refractivity contribution in [3.8, 4) is 0 Å². The van der Waals surface area contributed by atoms with Crippen LogP contribution in [0, 0.1) is 6.92 Å². The number of pyridine rings is 1. The lowest BCUT2D eigenvalue weighted by Gasteiger charge is -2.35. The predicted molar refractivity (Wildman–Crippen MR) is 119 cm³/mol. The molecule has 1 aromatic heterocycles. The third-order valence-corrected chi connectivity index (χ3v) is 6.76. The number of aryl methyl sites for hydroxylation is 1. The first-order valence-electron chi connectivity index (χ1n) is 11.4. The number of aliphatic hydroxyl groups is 1. The molecule has 182 valence electrons. The van der Waals surface area contributed by atoms with Crippen LogP contribution < -0.4 is 0 Å². The van der Waals surface area contributed by atoms with Gasteiger partial charge in [0.2, 0.25) is 5.91 Å². The molecule has 1 saturated heterocycles. The summed E-state index contributed by atoms with van der Waals surface area (Å²) in [5, 5.41) is 9.65. The van der Waals surface area contributed by atoms with Crippen molar-refractivity contribution in [2.45, 2.75) is 63.9 Å². The van der Waals surface area contributed by atoms with Crippen molar-refractivity contribution in [1.29, 1.82) is 0 Å². The van der Waals surface area contributed by atoms with Gasteiger partial charge >= 0.3 is 6.18 Å². The standard InChI is InChI=1S/C25H28F3N3O3/c1-16-7-8-20(23(33)31-14-18-5-3-4-6-19(18)15-31)22(29-16)17-9-11-30(12-10-17)21(32)13-24(2,34)25(26,27)28/h3-8,17,34H,9-15H2,1-2H3. The molecule has 2 aliphatic heterocycles. The number of carbonyl (C=O) groups is 2. The fraction of sp³-hybridized carbons (Fsp3) is 0.480. The SMILES string of the molecule is Cc1ccc(C(=O)N2Cc3ccccc3C2)c(C2CCN(C(=O)CC(C)(O)C(F)(F)F)CC2)n1. The van der Waals surface area contributed by atoms with E-state index in [2.05, 4.69) is 4.98 Å². The Morgan fingerprint density at radius 1 is 1.03 bits per heavy atom. The number of benzene rings is 1. The molecule has 0 aliphatic carbocycles. The van der Waals surface area contributed by atoms with E-state index in [1.54, 1.807) is 17.0 Å². The zero-order valence-corrected chi connectivity index (χ0v) is 19.2. The first-order valence-corrected chi connectivity index (χ1v) is 11.4. The van der Waals surface area contributed by atoms with Gasteiger partial charge in [0.05, 0.1) is 17.7 Å². The summed E-state index contributed by atoms with van der Waals surface area (Å²) >= 11 is 0. The average Bonchev–Trinajstić information content (AvgIpc) is 3.22. The van der Waals surface area contributed by atoms with Gasteiger partial charge in [0, 0.05) is 37.8 Å². The zero-order chi connectivity index (χ0) is 24.7. The molecule has 1 aromatic carbocycles. The van der Waals surface area contributed by atoms with Crippen molar-refractivity contribution in [2.75, 3.05) is 13.1 Å². The fourth-order valence-electron chi connectivity index (χ4n) is 4.62. The lowest BCUT2D eigenvalue weighted by molar-refractivity contribution is -0.254. The Morgan fingerprint density at radius 2 is 1.62 bits per heavy atom. The van der Waals surface area contributed by atoms with Gasteiger partial charge in [0.25, 0.3) is 5.91 Å². The summed E-state index contributed by atoms with van der Waals surface area (Å²) in [6.07, 6.45) is -4.92. The van der Waals surface area contributed by atoms with E-state index in [0.29, 0.717) is 44.1 Å². The highest BCUT2D eigenvalue weighted by molar-refractivity contribution is 5.95. The molecule has 1 unspecified atom stereocenters. The van der Waals surface area contributed by atoms with E-state index < -0.39 is 24.1 Å². The van der Waals surface area contributed by atoms with E-state index in [1.165, 1.54) is 4.90 Å². The van der Waals surface area contributed by atoms with Crippen LogP contribution in [0.5, 0.6) is 0 Å². The predicted octanol–water partition coefficient (Wildman–Crippen LogP) is 3.96. The van der Waals surface area contributed by atoms with Gasteiger partial charge in [-0.2, -0.15) is 13.2 Å². The quantitative estimate of drug-likeness (QED) is 0.727. The maximum atomic E-state index is 13.4. The van der Waals surface area contributed by atoms with Crippen molar-refractivity contribution in [3.63, 3.8) is 0 Å². The van der Waals surface area contributed by atoms with E-state index in [9.17, 15) is 27.9 Å². The van der Waals surface area contributed by atoms with Gasteiger partial charge in [-0.05, 0) is 49.9 Å². The van der Waals surface area contributed by atoms with E-state index in [0.717, 1.165) is 16.8 Å². The monoisotopic (exact) mass is 475 g/mol. The van der Waals surface area contributed by atoms with Gasteiger partial charge in [-0.1, -0.05) is 24.3 Å². The summed E-state index contributed by atoms with van der Waals surface area (Å²) in [6, 6.07) is 11.5. The molecule has 6 nitrogen and oxygen atoms in total. The Balaban J connectivity index is 1.45. The second-order valence-corrected chi connectivity index (χ2v) is 9.42. The van der Waals surface area contributed by atoms with E-state index in [-0.39, 0.29) is 24.9 Å². The molecule has 0 spiro atoms. The summed E-state index contributed by atoms with van der Waals surface area (Å²) in [5.74, 6) is -0.918. The molecular weight excluding hydrogens is 447 g/mol. The Hall–Kier alpha value is -2.94. The second-order valence-electron chi connectivity index (χ2n) is 9.42. The largest absolute Gasteiger partial charge is 0.417 e. The van der Waals surface area contributed by atoms with Crippen LogP contribution in [0.2, 0.25) is 0 Å². The number of likely N-dealkylation sites (tertiary alicyclic amines) is 1. The van der Waals surface area contributed by atoms with Gasteiger partial charge in [0.15, 0.2) is 5.60 Å². The van der Waals surface area contributed by atoms with Crippen LogP contribution in [0.15, 0.2) is 36.4 Å². The Morgan fingerprint density at radius 3 is 2.18 bits per heavy atom. The molecule has 2 aliphatic rings. The topological polar surface area (TPSA) is 73.7 Å². The zero-order valence-electron chi connectivity index (χ0n) is 19.2. The molecule has 3 heterocycles. The fourth-order valence-corrected chi connectivity index (χ4v) is 4.62. The number of fused-ring (bicyclic) bond motifs is 1. The smallest absolute Gasteiger partial charge is 0.380 e. The average molecular weight is 476 g/mol. The van der Waals surface area contributed by atoms with Gasteiger partial charge in [-0.15, -0.1) is 0 Å². The number of rotatable bonds is 4. The molecule has 9 heteroatoms.